The van der Waals surface area contributed by atoms with Crippen LogP contribution in [0.25, 0.3) is 0 Å². The topological polar surface area (TPSA) is 3.24 Å². The second-order valence-corrected chi connectivity index (χ2v) is 5.80. The molecule has 1 fully saturated rings. The van der Waals surface area contributed by atoms with E-state index in [0.717, 1.165) is 17.9 Å². The van der Waals surface area contributed by atoms with Gasteiger partial charge in [0.1, 0.15) is 0 Å². The first-order valence-electron chi connectivity index (χ1n) is 6.83. The van der Waals surface area contributed by atoms with Crippen molar-refractivity contribution in [1.82, 2.24) is 4.90 Å². The maximum Gasteiger partial charge on any atom is 0.00925 e. The van der Waals surface area contributed by atoms with E-state index in [1.165, 1.54) is 45.1 Å². The van der Waals surface area contributed by atoms with Crippen molar-refractivity contribution in [2.24, 2.45) is 11.8 Å². The molecule has 1 rings (SSSR count). The van der Waals surface area contributed by atoms with Gasteiger partial charge in [-0.15, -0.1) is 0 Å². The molecule has 0 aromatic carbocycles. The third-order valence-corrected chi connectivity index (χ3v) is 3.79. The first kappa shape index (κ1) is 13.0. The minimum absolute atomic E-state index is 0.809. The molecule has 1 saturated carbocycles. The molecule has 0 aromatic heterocycles. The Morgan fingerprint density at radius 3 is 2.20 bits per heavy atom. The van der Waals surface area contributed by atoms with Crippen LogP contribution >= 0.6 is 0 Å². The van der Waals surface area contributed by atoms with E-state index in [1.54, 1.807) is 0 Å². The maximum atomic E-state index is 2.59. The zero-order valence-electron chi connectivity index (χ0n) is 11.1. The fourth-order valence-electron chi connectivity index (χ4n) is 3.01. The van der Waals surface area contributed by atoms with Gasteiger partial charge < -0.3 is 4.90 Å². The fraction of sp³-hybridized carbons (Fsp3) is 1.00. The highest BCUT2D eigenvalue weighted by Crippen LogP contribution is 2.30. The molecular formula is C14H29N. The molecule has 0 spiro atoms. The summed E-state index contributed by atoms with van der Waals surface area (Å²) in [6.45, 7) is 8.22. The van der Waals surface area contributed by atoms with Crippen LogP contribution in [0.1, 0.15) is 59.3 Å². The zero-order chi connectivity index (χ0) is 11.3. The van der Waals surface area contributed by atoms with Crippen LogP contribution in [0.15, 0.2) is 0 Å². The Morgan fingerprint density at radius 1 is 1.13 bits per heavy atom. The molecule has 0 aliphatic heterocycles. The molecule has 1 aliphatic carbocycles. The Hall–Kier alpha value is -0.0400. The van der Waals surface area contributed by atoms with Gasteiger partial charge >= 0.3 is 0 Å². The smallest absolute Gasteiger partial charge is 0.00925 e. The summed E-state index contributed by atoms with van der Waals surface area (Å²) in [4.78, 5) is 2.59. The average Bonchev–Trinajstić information content (AvgIpc) is 2.18. The summed E-state index contributed by atoms with van der Waals surface area (Å²) in [5.41, 5.74) is 0. The van der Waals surface area contributed by atoms with Gasteiger partial charge in [-0.2, -0.15) is 0 Å². The Bertz CT molecular complexity index is 157. The molecular weight excluding hydrogens is 182 g/mol. The van der Waals surface area contributed by atoms with Crippen LogP contribution in [-0.4, -0.2) is 24.5 Å². The number of hydrogen-bond acceptors (Lipinski definition) is 1. The first-order chi connectivity index (χ1) is 7.13. The molecule has 0 atom stereocenters. The Balaban J connectivity index is 2.24. The van der Waals surface area contributed by atoms with Crippen molar-refractivity contribution in [2.45, 2.75) is 65.3 Å². The van der Waals surface area contributed by atoms with E-state index in [0.29, 0.717) is 0 Å². The van der Waals surface area contributed by atoms with E-state index in [2.05, 4.69) is 32.7 Å². The van der Waals surface area contributed by atoms with Gasteiger partial charge in [-0.3, -0.25) is 0 Å². The van der Waals surface area contributed by atoms with Gasteiger partial charge in [0, 0.05) is 12.6 Å². The van der Waals surface area contributed by atoms with E-state index in [9.17, 15) is 0 Å². The lowest BCUT2D eigenvalue weighted by Gasteiger charge is -2.35. The van der Waals surface area contributed by atoms with Crippen LogP contribution in [0, 0.1) is 11.8 Å². The second-order valence-electron chi connectivity index (χ2n) is 5.80. The third-order valence-electron chi connectivity index (χ3n) is 3.79. The van der Waals surface area contributed by atoms with Gasteiger partial charge in [0.15, 0.2) is 0 Å². The number of nitrogens with zero attached hydrogens (tertiary/aromatic N) is 1. The normalized spacial score (nSPS) is 27.6. The molecule has 0 aromatic rings. The molecule has 15 heavy (non-hydrogen) atoms. The Morgan fingerprint density at radius 2 is 1.73 bits per heavy atom. The van der Waals surface area contributed by atoms with E-state index < -0.39 is 0 Å². The van der Waals surface area contributed by atoms with Gasteiger partial charge in [-0.25, -0.2) is 0 Å². The van der Waals surface area contributed by atoms with Crippen molar-refractivity contribution in [3.8, 4) is 0 Å². The third kappa shape index (κ3) is 4.55. The molecule has 0 heterocycles. The fourth-order valence-corrected chi connectivity index (χ4v) is 3.01. The summed E-state index contributed by atoms with van der Waals surface area (Å²) in [6.07, 6.45) is 8.65. The van der Waals surface area contributed by atoms with Crippen LogP contribution in [-0.2, 0) is 0 Å². The van der Waals surface area contributed by atoms with Gasteiger partial charge in [-0.1, -0.05) is 33.6 Å². The van der Waals surface area contributed by atoms with Gasteiger partial charge in [-0.05, 0) is 44.6 Å². The van der Waals surface area contributed by atoms with E-state index >= 15 is 0 Å². The van der Waals surface area contributed by atoms with Crippen molar-refractivity contribution in [3.63, 3.8) is 0 Å². The molecule has 0 saturated heterocycles. The molecule has 1 nitrogen and oxygen atoms in total. The predicted octanol–water partition coefficient (Wildman–Crippen LogP) is 3.93. The van der Waals surface area contributed by atoms with Crippen LogP contribution < -0.4 is 0 Å². The highest BCUT2D eigenvalue weighted by atomic mass is 15.1. The van der Waals surface area contributed by atoms with E-state index in [4.69, 9.17) is 0 Å². The first-order valence-corrected chi connectivity index (χ1v) is 6.83. The zero-order valence-corrected chi connectivity index (χ0v) is 11.1. The summed E-state index contributed by atoms with van der Waals surface area (Å²) in [5.74, 6) is 1.85. The number of rotatable bonds is 5. The summed E-state index contributed by atoms with van der Waals surface area (Å²) in [7, 11) is 2.31. The van der Waals surface area contributed by atoms with Crippen molar-refractivity contribution in [3.05, 3.63) is 0 Å². The van der Waals surface area contributed by atoms with Crippen LogP contribution in [0.3, 0.4) is 0 Å². The predicted molar refractivity (Wildman–Crippen MR) is 68.1 cm³/mol. The second kappa shape index (κ2) is 6.52. The minimum Gasteiger partial charge on any atom is -0.303 e. The average molecular weight is 211 g/mol. The quantitative estimate of drug-likeness (QED) is 0.666. The highest BCUT2D eigenvalue weighted by molar-refractivity contribution is 4.78. The summed E-state index contributed by atoms with van der Waals surface area (Å²) < 4.78 is 0. The summed E-state index contributed by atoms with van der Waals surface area (Å²) in [5, 5.41) is 0. The lowest BCUT2D eigenvalue weighted by Crippen LogP contribution is -2.37. The SMILES string of the molecule is CCCC1CCC(N(C)CC(C)C)CC1. The highest BCUT2D eigenvalue weighted by Gasteiger charge is 2.23. The van der Waals surface area contributed by atoms with Crippen molar-refractivity contribution in [2.75, 3.05) is 13.6 Å². The van der Waals surface area contributed by atoms with Crippen LogP contribution in [0.5, 0.6) is 0 Å². The van der Waals surface area contributed by atoms with Gasteiger partial charge in [0.05, 0.1) is 0 Å². The summed E-state index contributed by atoms with van der Waals surface area (Å²) >= 11 is 0. The molecule has 0 radical (unpaired) electrons. The molecule has 0 amide bonds. The lowest BCUT2D eigenvalue weighted by atomic mass is 9.83. The van der Waals surface area contributed by atoms with E-state index in [-0.39, 0.29) is 0 Å². The molecule has 1 heteroatoms. The van der Waals surface area contributed by atoms with Crippen molar-refractivity contribution < 1.29 is 0 Å². The largest absolute Gasteiger partial charge is 0.303 e. The Kier molecular flexibility index (Phi) is 5.66. The standard InChI is InChI=1S/C14H29N/c1-5-6-13-7-9-14(10-8-13)15(4)11-12(2)3/h12-14H,5-11H2,1-4H3. The van der Waals surface area contributed by atoms with Crippen LogP contribution in [0.2, 0.25) is 0 Å². The minimum atomic E-state index is 0.809. The Labute approximate surface area is 96.2 Å². The molecule has 1 aliphatic rings. The number of hydrogen-bond donors (Lipinski definition) is 0. The monoisotopic (exact) mass is 211 g/mol. The molecule has 0 N–H and O–H groups in total. The molecule has 90 valence electrons. The maximum absolute atomic E-state index is 2.59. The van der Waals surface area contributed by atoms with Crippen molar-refractivity contribution >= 4 is 0 Å². The van der Waals surface area contributed by atoms with Crippen LogP contribution in [0.4, 0.5) is 0 Å². The van der Waals surface area contributed by atoms with Crippen molar-refractivity contribution in [1.29, 1.82) is 0 Å². The van der Waals surface area contributed by atoms with Gasteiger partial charge in [0.2, 0.25) is 0 Å². The van der Waals surface area contributed by atoms with Gasteiger partial charge in [0.25, 0.3) is 0 Å². The lowest BCUT2D eigenvalue weighted by molar-refractivity contribution is 0.148. The summed E-state index contributed by atoms with van der Waals surface area (Å²) in [6, 6.07) is 0.875. The molecule has 0 bridgehead atoms. The van der Waals surface area contributed by atoms with E-state index in [1.807, 2.05) is 0 Å². The molecule has 0 unspecified atom stereocenters.